The molecule has 3 aromatic rings. The van der Waals surface area contributed by atoms with Crippen molar-refractivity contribution in [3.8, 4) is 0 Å². The van der Waals surface area contributed by atoms with Gasteiger partial charge in [0.2, 0.25) is 0 Å². The van der Waals surface area contributed by atoms with Crippen LogP contribution >= 0.6 is 11.3 Å². The molecule has 0 saturated carbocycles. The number of fused-ring (bicyclic) bond motifs is 1. The molecule has 2 aromatic heterocycles. The molecule has 0 radical (unpaired) electrons. The van der Waals surface area contributed by atoms with Gasteiger partial charge in [-0.25, -0.2) is 4.79 Å². The largest absolute Gasteiger partial charge is 0.478 e. The Balaban J connectivity index is 2.39. The predicted octanol–water partition coefficient (Wildman–Crippen LogP) is 1.50. The van der Waals surface area contributed by atoms with Crippen LogP contribution in [0.3, 0.4) is 0 Å². The van der Waals surface area contributed by atoms with Gasteiger partial charge in [-0.2, -0.15) is 11.3 Å². The van der Waals surface area contributed by atoms with E-state index in [0.29, 0.717) is 5.52 Å². The van der Waals surface area contributed by atoms with Crippen molar-refractivity contribution in [1.82, 2.24) is 9.55 Å². The highest BCUT2D eigenvalue weighted by Gasteiger charge is 2.15. The Labute approximate surface area is 121 Å². The lowest BCUT2D eigenvalue weighted by atomic mass is 10.1. The minimum atomic E-state index is -1.15. The predicted molar refractivity (Wildman–Crippen MR) is 79.2 cm³/mol. The molecule has 0 amide bonds. The zero-order valence-corrected chi connectivity index (χ0v) is 11.5. The molecule has 0 aliphatic carbocycles. The molecule has 0 bridgehead atoms. The molecule has 21 heavy (non-hydrogen) atoms. The number of H-pyrrole nitrogens is 1. The van der Waals surface area contributed by atoms with E-state index in [9.17, 15) is 19.5 Å². The first-order valence-electron chi connectivity index (χ1n) is 6.08. The first-order chi connectivity index (χ1) is 10.1. The Bertz CT molecular complexity index is 938. The smallest absolute Gasteiger partial charge is 0.337 e. The van der Waals surface area contributed by atoms with Gasteiger partial charge >= 0.3 is 17.1 Å². The second-order valence-electron chi connectivity index (χ2n) is 4.48. The average molecular weight is 302 g/mol. The number of aromatic carboxylic acids is 1. The molecule has 1 aromatic carbocycles. The van der Waals surface area contributed by atoms with Crippen LogP contribution in [0.2, 0.25) is 0 Å². The van der Waals surface area contributed by atoms with Crippen LogP contribution in [0.5, 0.6) is 0 Å². The van der Waals surface area contributed by atoms with Crippen molar-refractivity contribution in [2.75, 3.05) is 0 Å². The molecule has 3 rings (SSSR count). The quantitative estimate of drug-likeness (QED) is 0.717. The minimum Gasteiger partial charge on any atom is -0.478 e. The summed E-state index contributed by atoms with van der Waals surface area (Å²) in [6.45, 7) is 0.160. The highest BCUT2D eigenvalue weighted by Crippen LogP contribution is 2.17. The standard InChI is InChI=1S/C14H10N2O4S/c17-12-13(18)16(6-8-4-5-21-7-8)11-9(14(19)20)2-1-3-10(11)15-12/h1-5,7H,6H2,(H,15,17)(H,19,20). The summed E-state index contributed by atoms with van der Waals surface area (Å²) in [6, 6.07) is 6.34. The van der Waals surface area contributed by atoms with E-state index in [1.807, 2.05) is 16.8 Å². The van der Waals surface area contributed by atoms with Crippen LogP contribution in [0.25, 0.3) is 11.0 Å². The fourth-order valence-corrected chi connectivity index (χ4v) is 2.88. The third-order valence-corrected chi connectivity index (χ3v) is 3.88. The van der Waals surface area contributed by atoms with E-state index in [-0.39, 0.29) is 17.6 Å². The van der Waals surface area contributed by atoms with E-state index in [4.69, 9.17) is 0 Å². The Kier molecular flexibility index (Phi) is 3.19. The lowest BCUT2D eigenvalue weighted by molar-refractivity contribution is 0.0698. The summed E-state index contributed by atoms with van der Waals surface area (Å²) in [5.74, 6) is -1.15. The fraction of sp³-hybridized carbons (Fsp3) is 0.0714. The van der Waals surface area contributed by atoms with E-state index >= 15 is 0 Å². The van der Waals surface area contributed by atoms with Gasteiger partial charge in [0.05, 0.1) is 23.1 Å². The second-order valence-corrected chi connectivity index (χ2v) is 5.26. The molecule has 6 nitrogen and oxygen atoms in total. The van der Waals surface area contributed by atoms with Gasteiger partial charge in [0.15, 0.2) is 0 Å². The molecule has 0 unspecified atom stereocenters. The number of hydrogen-bond acceptors (Lipinski definition) is 4. The molecule has 0 fully saturated rings. The van der Waals surface area contributed by atoms with Crippen molar-refractivity contribution in [3.63, 3.8) is 0 Å². The average Bonchev–Trinajstić information content (AvgIpc) is 2.96. The van der Waals surface area contributed by atoms with Crippen LogP contribution in [-0.2, 0) is 6.54 Å². The SMILES string of the molecule is O=C(O)c1cccc2[nH]c(=O)c(=O)n(Cc3ccsc3)c12. The third-order valence-electron chi connectivity index (χ3n) is 3.14. The van der Waals surface area contributed by atoms with Gasteiger partial charge in [-0.15, -0.1) is 0 Å². The zero-order chi connectivity index (χ0) is 15.0. The molecule has 0 aliphatic heterocycles. The van der Waals surface area contributed by atoms with Gasteiger partial charge < -0.3 is 10.1 Å². The number of carboxylic acid groups (broad SMARTS) is 1. The van der Waals surface area contributed by atoms with Crippen molar-refractivity contribution in [2.24, 2.45) is 0 Å². The molecule has 106 valence electrons. The maximum atomic E-state index is 12.1. The zero-order valence-electron chi connectivity index (χ0n) is 10.7. The third kappa shape index (κ3) is 2.27. The molecule has 0 atom stereocenters. The summed E-state index contributed by atoms with van der Waals surface area (Å²) in [7, 11) is 0. The van der Waals surface area contributed by atoms with Crippen LogP contribution in [0.4, 0.5) is 0 Å². The second kappa shape index (κ2) is 5.02. The molecule has 0 aliphatic rings. The summed E-state index contributed by atoms with van der Waals surface area (Å²) >= 11 is 1.47. The van der Waals surface area contributed by atoms with Crippen LogP contribution in [0.15, 0.2) is 44.6 Å². The Morgan fingerprint density at radius 2 is 2.10 bits per heavy atom. The number of benzene rings is 1. The summed E-state index contributed by atoms with van der Waals surface area (Å²) in [5, 5.41) is 13.0. The summed E-state index contributed by atoms with van der Waals surface area (Å²) in [4.78, 5) is 37.6. The molecule has 2 N–H and O–H groups in total. The van der Waals surface area contributed by atoms with Crippen LogP contribution in [0.1, 0.15) is 15.9 Å². The van der Waals surface area contributed by atoms with Crippen LogP contribution < -0.4 is 11.1 Å². The number of nitrogens with zero attached hydrogens (tertiary/aromatic N) is 1. The normalized spacial score (nSPS) is 10.9. The minimum absolute atomic E-state index is 0.0175. The van der Waals surface area contributed by atoms with Gasteiger partial charge in [0, 0.05) is 0 Å². The summed E-state index contributed by atoms with van der Waals surface area (Å²) in [5.41, 5.74) is -0.150. The van der Waals surface area contributed by atoms with E-state index in [2.05, 4.69) is 4.98 Å². The lowest BCUT2D eigenvalue weighted by Gasteiger charge is -2.11. The first-order valence-corrected chi connectivity index (χ1v) is 7.02. The number of para-hydroxylation sites is 1. The van der Waals surface area contributed by atoms with Crippen molar-refractivity contribution < 1.29 is 9.90 Å². The topological polar surface area (TPSA) is 92.2 Å². The fourth-order valence-electron chi connectivity index (χ4n) is 2.22. The molecule has 0 spiro atoms. The van der Waals surface area contributed by atoms with Crippen LogP contribution in [0, 0.1) is 0 Å². The Morgan fingerprint density at radius 1 is 1.29 bits per heavy atom. The number of carboxylic acids is 1. The lowest BCUT2D eigenvalue weighted by Crippen LogP contribution is -2.37. The number of hydrogen-bond donors (Lipinski definition) is 2. The van der Waals surface area contributed by atoms with Crippen molar-refractivity contribution >= 4 is 28.3 Å². The van der Waals surface area contributed by atoms with Gasteiger partial charge in [-0.05, 0) is 34.5 Å². The maximum Gasteiger partial charge on any atom is 0.337 e. The number of nitrogens with one attached hydrogen (secondary N) is 1. The van der Waals surface area contributed by atoms with E-state index < -0.39 is 17.1 Å². The van der Waals surface area contributed by atoms with Gasteiger partial charge in [-0.1, -0.05) is 6.07 Å². The van der Waals surface area contributed by atoms with E-state index in [1.54, 1.807) is 6.07 Å². The highest BCUT2D eigenvalue weighted by molar-refractivity contribution is 7.07. The summed E-state index contributed by atoms with van der Waals surface area (Å²) < 4.78 is 1.21. The monoisotopic (exact) mass is 302 g/mol. The first kappa shape index (κ1) is 13.3. The number of aromatic amines is 1. The molecular formula is C14H10N2O4S. The Hall–Kier alpha value is -2.67. The number of aromatic nitrogens is 2. The van der Waals surface area contributed by atoms with E-state index in [0.717, 1.165) is 5.56 Å². The summed E-state index contributed by atoms with van der Waals surface area (Å²) in [6.07, 6.45) is 0. The van der Waals surface area contributed by atoms with Gasteiger partial charge in [0.25, 0.3) is 0 Å². The maximum absolute atomic E-state index is 12.1. The van der Waals surface area contributed by atoms with Crippen molar-refractivity contribution in [2.45, 2.75) is 6.54 Å². The van der Waals surface area contributed by atoms with Gasteiger partial charge in [0.1, 0.15) is 0 Å². The van der Waals surface area contributed by atoms with Gasteiger partial charge in [-0.3, -0.25) is 14.2 Å². The highest BCUT2D eigenvalue weighted by atomic mass is 32.1. The van der Waals surface area contributed by atoms with Crippen molar-refractivity contribution in [3.05, 3.63) is 66.9 Å². The number of rotatable bonds is 3. The molecule has 7 heteroatoms. The molecule has 0 saturated heterocycles. The van der Waals surface area contributed by atoms with Crippen LogP contribution in [-0.4, -0.2) is 20.6 Å². The van der Waals surface area contributed by atoms with E-state index in [1.165, 1.54) is 28.0 Å². The number of carbonyl (C=O) groups is 1. The molecular weight excluding hydrogens is 292 g/mol. The Morgan fingerprint density at radius 3 is 2.76 bits per heavy atom. The van der Waals surface area contributed by atoms with Crippen molar-refractivity contribution in [1.29, 1.82) is 0 Å². The number of thiophene rings is 1. The molecule has 2 heterocycles.